The predicted octanol–water partition coefficient (Wildman–Crippen LogP) is 0.849. The molecule has 1 saturated carbocycles. The van der Waals surface area contributed by atoms with Crippen LogP contribution >= 0.6 is 0 Å². The van der Waals surface area contributed by atoms with E-state index in [1.807, 2.05) is 18.9 Å². The standard InChI is InChI=1S/C14H25N3O/c1-11(12-8-15-9-12)13(18)17(4)10-14(16(2)3)6-5-7-14/h15H,5-10H2,1-4H3. The van der Waals surface area contributed by atoms with Crippen LogP contribution in [-0.2, 0) is 4.79 Å². The molecule has 2 rings (SSSR count). The molecule has 18 heavy (non-hydrogen) atoms. The first-order chi connectivity index (χ1) is 8.46. The van der Waals surface area contributed by atoms with E-state index in [0.717, 1.165) is 25.2 Å². The summed E-state index contributed by atoms with van der Waals surface area (Å²) >= 11 is 0. The smallest absolute Gasteiger partial charge is 0.249 e. The molecule has 0 spiro atoms. The number of carbonyl (C=O) groups is 1. The summed E-state index contributed by atoms with van der Waals surface area (Å²) in [6.07, 6.45) is 3.69. The molecule has 0 radical (unpaired) electrons. The second-order valence-electron chi connectivity index (χ2n) is 5.97. The zero-order valence-corrected chi connectivity index (χ0v) is 12.0. The number of nitrogens with one attached hydrogen (secondary N) is 1. The molecule has 0 atom stereocenters. The first kappa shape index (κ1) is 13.6. The maximum Gasteiger partial charge on any atom is 0.249 e. The number of rotatable bonds is 4. The van der Waals surface area contributed by atoms with Crippen LogP contribution in [0.1, 0.15) is 26.2 Å². The average molecular weight is 251 g/mol. The largest absolute Gasteiger partial charge is 0.340 e. The van der Waals surface area contributed by atoms with Crippen LogP contribution < -0.4 is 5.32 Å². The van der Waals surface area contributed by atoms with Crippen LogP contribution in [0, 0.1) is 0 Å². The highest BCUT2D eigenvalue weighted by Gasteiger charge is 2.40. The minimum absolute atomic E-state index is 0.194. The van der Waals surface area contributed by atoms with Crippen molar-refractivity contribution in [3.8, 4) is 0 Å². The highest BCUT2D eigenvalue weighted by atomic mass is 16.2. The van der Waals surface area contributed by atoms with Crippen LogP contribution in [0.15, 0.2) is 11.1 Å². The molecule has 0 aromatic carbocycles. The van der Waals surface area contributed by atoms with Crippen LogP contribution in [-0.4, -0.2) is 62.0 Å². The molecule has 2 aliphatic rings. The van der Waals surface area contributed by atoms with E-state index in [1.165, 1.54) is 24.8 Å². The normalized spacial score (nSPS) is 21.3. The van der Waals surface area contributed by atoms with E-state index < -0.39 is 0 Å². The number of amides is 1. The highest BCUT2D eigenvalue weighted by Crippen LogP contribution is 2.36. The number of hydrogen-bond acceptors (Lipinski definition) is 3. The van der Waals surface area contributed by atoms with Crippen LogP contribution in [0.4, 0.5) is 0 Å². The van der Waals surface area contributed by atoms with Crippen molar-refractivity contribution in [3.05, 3.63) is 11.1 Å². The van der Waals surface area contributed by atoms with Gasteiger partial charge in [0.2, 0.25) is 5.91 Å². The first-order valence-corrected chi connectivity index (χ1v) is 6.78. The van der Waals surface area contributed by atoms with Crippen molar-refractivity contribution >= 4 is 5.91 Å². The number of nitrogens with zero attached hydrogens (tertiary/aromatic N) is 2. The van der Waals surface area contributed by atoms with Crippen molar-refractivity contribution in [1.29, 1.82) is 0 Å². The Morgan fingerprint density at radius 2 is 1.89 bits per heavy atom. The van der Waals surface area contributed by atoms with E-state index in [9.17, 15) is 4.79 Å². The summed E-state index contributed by atoms with van der Waals surface area (Å²) in [5.74, 6) is 0.194. The Bertz CT molecular complexity index is 363. The molecule has 1 aliphatic carbocycles. The van der Waals surface area contributed by atoms with Gasteiger partial charge in [-0.2, -0.15) is 0 Å². The van der Waals surface area contributed by atoms with Gasteiger partial charge in [-0.3, -0.25) is 4.79 Å². The second kappa shape index (κ2) is 5.02. The average Bonchev–Trinajstić information content (AvgIpc) is 2.18. The van der Waals surface area contributed by atoms with Crippen LogP contribution in [0.2, 0.25) is 0 Å². The third-order valence-electron chi connectivity index (χ3n) is 4.64. The van der Waals surface area contributed by atoms with Crippen LogP contribution in [0.3, 0.4) is 0 Å². The minimum atomic E-state index is 0.194. The van der Waals surface area contributed by atoms with Gasteiger partial charge in [0, 0.05) is 37.8 Å². The fourth-order valence-corrected chi connectivity index (χ4v) is 2.80. The van der Waals surface area contributed by atoms with E-state index in [4.69, 9.17) is 0 Å². The van der Waals surface area contributed by atoms with Crippen molar-refractivity contribution in [2.24, 2.45) is 0 Å². The zero-order valence-electron chi connectivity index (χ0n) is 12.0. The molecule has 102 valence electrons. The molecule has 0 aromatic heterocycles. The Hall–Kier alpha value is -0.870. The van der Waals surface area contributed by atoms with Crippen molar-refractivity contribution in [1.82, 2.24) is 15.1 Å². The molecular weight excluding hydrogens is 226 g/mol. The lowest BCUT2D eigenvalue weighted by atomic mass is 9.75. The lowest BCUT2D eigenvalue weighted by Gasteiger charge is -2.49. The quantitative estimate of drug-likeness (QED) is 0.752. The SMILES string of the molecule is CC(C(=O)N(C)CC1(N(C)C)CCC1)=C1CNC1. The van der Waals surface area contributed by atoms with Crippen LogP contribution in [0.25, 0.3) is 0 Å². The Morgan fingerprint density at radius 3 is 2.22 bits per heavy atom. The lowest BCUT2D eigenvalue weighted by molar-refractivity contribution is -0.128. The topological polar surface area (TPSA) is 35.6 Å². The molecule has 1 aliphatic heterocycles. The monoisotopic (exact) mass is 251 g/mol. The first-order valence-electron chi connectivity index (χ1n) is 6.78. The van der Waals surface area contributed by atoms with Gasteiger partial charge in [0.15, 0.2) is 0 Å². The van der Waals surface area contributed by atoms with Gasteiger partial charge in [-0.25, -0.2) is 0 Å². The molecule has 4 heteroatoms. The molecule has 1 heterocycles. The molecule has 1 amide bonds. The fraction of sp³-hybridized carbons (Fsp3) is 0.786. The summed E-state index contributed by atoms with van der Waals surface area (Å²) in [5, 5.41) is 3.19. The molecule has 0 unspecified atom stereocenters. The van der Waals surface area contributed by atoms with Crippen molar-refractivity contribution in [2.45, 2.75) is 31.7 Å². The predicted molar refractivity (Wildman–Crippen MR) is 73.5 cm³/mol. The fourth-order valence-electron chi connectivity index (χ4n) is 2.80. The van der Waals surface area contributed by atoms with Gasteiger partial charge in [-0.15, -0.1) is 0 Å². The molecule has 0 bridgehead atoms. The Morgan fingerprint density at radius 1 is 1.28 bits per heavy atom. The van der Waals surface area contributed by atoms with Crippen LogP contribution in [0.5, 0.6) is 0 Å². The van der Waals surface area contributed by atoms with E-state index in [2.05, 4.69) is 24.3 Å². The molecule has 1 saturated heterocycles. The van der Waals surface area contributed by atoms with Crippen molar-refractivity contribution in [3.63, 3.8) is 0 Å². The second-order valence-corrected chi connectivity index (χ2v) is 5.97. The Labute approximate surface area is 110 Å². The zero-order chi connectivity index (χ0) is 13.3. The molecule has 4 nitrogen and oxygen atoms in total. The summed E-state index contributed by atoms with van der Waals surface area (Å²) in [6, 6.07) is 0. The van der Waals surface area contributed by atoms with Gasteiger partial charge >= 0.3 is 0 Å². The maximum absolute atomic E-state index is 12.3. The molecule has 2 fully saturated rings. The lowest BCUT2D eigenvalue weighted by Crippen LogP contribution is -2.57. The summed E-state index contributed by atoms with van der Waals surface area (Å²) in [4.78, 5) is 16.5. The number of likely N-dealkylation sites (N-methyl/N-ethyl adjacent to an activating group) is 2. The Kier molecular flexibility index (Phi) is 3.78. The summed E-state index contributed by atoms with van der Waals surface area (Å²) in [5.41, 5.74) is 2.41. The van der Waals surface area contributed by atoms with Gasteiger partial charge in [-0.1, -0.05) is 0 Å². The van der Waals surface area contributed by atoms with E-state index in [0.29, 0.717) is 0 Å². The highest BCUT2D eigenvalue weighted by molar-refractivity contribution is 5.93. The third kappa shape index (κ3) is 2.31. The molecule has 0 aromatic rings. The summed E-state index contributed by atoms with van der Waals surface area (Å²) in [6.45, 7) is 4.56. The van der Waals surface area contributed by atoms with Crippen molar-refractivity contribution in [2.75, 3.05) is 40.8 Å². The summed E-state index contributed by atoms with van der Waals surface area (Å²) in [7, 11) is 6.18. The van der Waals surface area contributed by atoms with E-state index >= 15 is 0 Å². The van der Waals surface area contributed by atoms with Gasteiger partial charge in [0.25, 0.3) is 0 Å². The van der Waals surface area contributed by atoms with Gasteiger partial charge < -0.3 is 15.1 Å². The van der Waals surface area contributed by atoms with Gasteiger partial charge in [-0.05, 0) is 45.9 Å². The summed E-state index contributed by atoms with van der Waals surface area (Å²) < 4.78 is 0. The van der Waals surface area contributed by atoms with Gasteiger partial charge in [0.1, 0.15) is 0 Å². The van der Waals surface area contributed by atoms with E-state index in [1.54, 1.807) is 0 Å². The van der Waals surface area contributed by atoms with E-state index in [-0.39, 0.29) is 11.4 Å². The maximum atomic E-state index is 12.3. The Balaban J connectivity index is 1.99. The number of carbonyl (C=O) groups excluding carboxylic acids is 1. The molecule has 1 N–H and O–H groups in total. The van der Waals surface area contributed by atoms with Crippen molar-refractivity contribution < 1.29 is 4.79 Å². The third-order valence-corrected chi connectivity index (χ3v) is 4.64. The molecular formula is C14H25N3O. The number of hydrogen-bond donors (Lipinski definition) is 1. The minimum Gasteiger partial charge on any atom is -0.340 e. The van der Waals surface area contributed by atoms with Gasteiger partial charge in [0.05, 0.1) is 0 Å².